The van der Waals surface area contributed by atoms with Crippen molar-refractivity contribution in [2.75, 3.05) is 6.54 Å². The second-order valence-corrected chi connectivity index (χ2v) is 6.55. The fourth-order valence-corrected chi connectivity index (χ4v) is 3.01. The first-order valence-corrected chi connectivity index (χ1v) is 8.40. The van der Waals surface area contributed by atoms with E-state index in [0.29, 0.717) is 29.1 Å². The molecule has 0 aliphatic carbocycles. The van der Waals surface area contributed by atoms with Gasteiger partial charge in [0.25, 0.3) is 5.91 Å². The normalized spacial score (nSPS) is 11.3. The van der Waals surface area contributed by atoms with E-state index >= 15 is 0 Å². The Balaban J connectivity index is 1.89. The quantitative estimate of drug-likeness (QED) is 0.678. The van der Waals surface area contributed by atoms with Gasteiger partial charge < -0.3 is 9.73 Å². The van der Waals surface area contributed by atoms with Crippen LogP contribution in [0.5, 0.6) is 0 Å². The maximum absolute atomic E-state index is 12.5. The molecule has 3 aromatic rings. The topological polar surface area (TPSA) is 83.8 Å². The number of fused-ring (bicyclic) bond motifs is 1. The summed E-state index contributed by atoms with van der Waals surface area (Å²) in [7, 11) is 0. The number of amides is 1. The Morgan fingerprint density at radius 3 is 2.96 bits per heavy atom. The van der Waals surface area contributed by atoms with Crippen molar-refractivity contribution in [3.63, 3.8) is 0 Å². The van der Waals surface area contributed by atoms with Crippen LogP contribution in [0.3, 0.4) is 0 Å². The Hall–Kier alpha value is -2.28. The van der Waals surface area contributed by atoms with E-state index in [1.165, 1.54) is 18.1 Å². The largest absolute Gasteiger partial charge is 0.451 e. The molecule has 0 fully saturated rings. The lowest BCUT2D eigenvalue weighted by Gasteiger charge is -2.07. The van der Waals surface area contributed by atoms with Gasteiger partial charge in [-0.3, -0.25) is 9.89 Å². The molecule has 2 aromatic heterocycles. The van der Waals surface area contributed by atoms with Crippen molar-refractivity contribution in [2.45, 2.75) is 24.8 Å². The van der Waals surface area contributed by atoms with Crippen LogP contribution >= 0.6 is 11.8 Å². The minimum absolute atomic E-state index is 0.178. The van der Waals surface area contributed by atoms with E-state index in [1.54, 1.807) is 0 Å². The molecule has 0 aliphatic heterocycles. The third-order valence-corrected chi connectivity index (χ3v) is 4.22. The maximum atomic E-state index is 12.5. The molecule has 120 valence electrons. The summed E-state index contributed by atoms with van der Waals surface area (Å²) in [5.74, 6) is 1.16. The first-order chi connectivity index (χ1) is 11.1. The lowest BCUT2D eigenvalue weighted by Crippen LogP contribution is -2.27. The highest BCUT2D eigenvalue weighted by Gasteiger charge is 2.20. The summed E-state index contributed by atoms with van der Waals surface area (Å²) < 4.78 is 5.79. The summed E-state index contributed by atoms with van der Waals surface area (Å²) in [6.07, 6.45) is 1.46. The number of hydrogen-bond acceptors (Lipinski definition) is 5. The van der Waals surface area contributed by atoms with E-state index in [1.807, 2.05) is 24.3 Å². The smallest absolute Gasteiger partial charge is 0.287 e. The third-order valence-electron chi connectivity index (χ3n) is 3.32. The predicted octanol–water partition coefficient (Wildman–Crippen LogP) is 3.23. The number of thioether (sulfide) groups is 1. The molecule has 23 heavy (non-hydrogen) atoms. The van der Waals surface area contributed by atoms with Crippen LogP contribution in [0.25, 0.3) is 11.0 Å². The molecule has 2 N–H and O–H groups in total. The third kappa shape index (κ3) is 3.56. The van der Waals surface area contributed by atoms with Gasteiger partial charge in [0, 0.05) is 23.2 Å². The zero-order chi connectivity index (χ0) is 16.2. The van der Waals surface area contributed by atoms with Crippen molar-refractivity contribution in [3.8, 4) is 0 Å². The van der Waals surface area contributed by atoms with Gasteiger partial charge in [-0.1, -0.05) is 43.8 Å². The van der Waals surface area contributed by atoms with Crippen molar-refractivity contribution in [2.24, 2.45) is 5.92 Å². The molecule has 2 heterocycles. The van der Waals surface area contributed by atoms with Crippen LogP contribution in [0.4, 0.5) is 0 Å². The molecule has 0 atom stereocenters. The Bertz CT molecular complexity index is 796. The van der Waals surface area contributed by atoms with E-state index in [4.69, 9.17) is 4.42 Å². The number of H-pyrrole nitrogens is 1. The van der Waals surface area contributed by atoms with Crippen molar-refractivity contribution >= 4 is 28.6 Å². The fourth-order valence-electron chi connectivity index (χ4n) is 2.21. The predicted molar refractivity (Wildman–Crippen MR) is 89.3 cm³/mol. The van der Waals surface area contributed by atoms with Gasteiger partial charge >= 0.3 is 0 Å². The van der Waals surface area contributed by atoms with E-state index in [0.717, 1.165) is 16.5 Å². The number of nitrogens with zero attached hydrogens (tertiary/aromatic N) is 2. The molecule has 0 radical (unpaired) electrons. The number of rotatable bonds is 6. The summed E-state index contributed by atoms with van der Waals surface area (Å²) in [6.45, 7) is 4.73. The Morgan fingerprint density at radius 1 is 1.39 bits per heavy atom. The van der Waals surface area contributed by atoms with Gasteiger partial charge in [-0.05, 0) is 12.0 Å². The number of furan rings is 1. The van der Waals surface area contributed by atoms with Crippen molar-refractivity contribution in [1.82, 2.24) is 20.5 Å². The summed E-state index contributed by atoms with van der Waals surface area (Å²) >= 11 is 1.49. The molecule has 0 aliphatic rings. The van der Waals surface area contributed by atoms with E-state index in [2.05, 4.69) is 34.3 Å². The lowest BCUT2D eigenvalue weighted by atomic mass is 10.1. The van der Waals surface area contributed by atoms with Crippen molar-refractivity contribution in [3.05, 3.63) is 41.9 Å². The Morgan fingerprint density at radius 2 is 2.22 bits per heavy atom. The van der Waals surface area contributed by atoms with E-state index < -0.39 is 0 Å². The molecule has 0 saturated heterocycles. The molecule has 6 nitrogen and oxygen atoms in total. The highest BCUT2D eigenvalue weighted by atomic mass is 32.2. The van der Waals surface area contributed by atoms with Gasteiger partial charge in [-0.15, -0.1) is 0 Å². The standard InChI is InChI=1S/C16H18N4O2S/c1-10(2)7-17-15(21)14-12(8-23-16-18-9-19-20-16)11-5-3-4-6-13(11)22-14/h3-6,9-10H,7-8H2,1-2H3,(H,17,21)(H,18,19,20). The van der Waals surface area contributed by atoms with Crippen molar-refractivity contribution < 1.29 is 9.21 Å². The maximum Gasteiger partial charge on any atom is 0.287 e. The van der Waals surface area contributed by atoms with Crippen LogP contribution in [0.1, 0.15) is 30.0 Å². The van der Waals surface area contributed by atoms with Gasteiger partial charge in [0.1, 0.15) is 11.9 Å². The van der Waals surface area contributed by atoms with Crippen LogP contribution < -0.4 is 5.32 Å². The summed E-state index contributed by atoms with van der Waals surface area (Å²) in [6, 6.07) is 7.68. The number of aromatic nitrogens is 3. The van der Waals surface area contributed by atoms with Crippen LogP contribution in [0.2, 0.25) is 0 Å². The van der Waals surface area contributed by atoms with Gasteiger partial charge in [-0.2, -0.15) is 5.10 Å². The summed E-state index contributed by atoms with van der Waals surface area (Å²) in [5, 5.41) is 11.2. The monoisotopic (exact) mass is 330 g/mol. The lowest BCUT2D eigenvalue weighted by molar-refractivity contribution is 0.0922. The number of aromatic amines is 1. The van der Waals surface area contributed by atoms with Crippen LogP contribution in [0, 0.1) is 5.92 Å². The average molecular weight is 330 g/mol. The molecule has 3 rings (SSSR count). The van der Waals surface area contributed by atoms with Gasteiger partial charge in [0.05, 0.1) is 0 Å². The van der Waals surface area contributed by atoms with Gasteiger partial charge in [-0.25, -0.2) is 4.98 Å². The minimum atomic E-state index is -0.178. The summed E-state index contributed by atoms with van der Waals surface area (Å²) in [5.41, 5.74) is 1.60. The number of hydrogen-bond donors (Lipinski definition) is 2. The average Bonchev–Trinajstić information content (AvgIpc) is 3.17. The highest BCUT2D eigenvalue weighted by molar-refractivity contribution is 7.98. The van der Waals surface area contributed by atoms with Gasteiger partial charge in [0.2, 0.25) is 0 Å². The van der Waals surface area contributed by atoms with Crippen LogP contribution in [0.15, 0.2) is 40.2 Å². The molecule has 0 unspecified atom stereocenters. The number of para-hydroxylation sites is 1. The van der Waals surface area contributed by atoms with E-state index in [9.17, 15) is 4.79 Å². The molecule has 0 spiro atoms. The minimum Gasteiger partial charge on any atom is -0.451 e. The Labute approximate surface area is 138 Å². The number of carbonyl (C=O) groups is 1. The first kappa shape index (κ1) is 15.6. The molecule has 0 saturated carbocycles. The molecule has 7 heteroatoms. The number of benzene rings is 1. The molecular formula is C16H18N4O2S. The second kappa shape index (κ2) is 6.87. The van der Waals surface area contributed by atoms with Crippen molar-refractivity contribution in [1.29, 1.82) is 0 Å². The summed E-state index contributed by atoms with van der Waals surface area (Å²) in [4.78, 5) is 16.5. The SMILES string of the molecule is CC(C)CNC(=O)c1oc2ccccc2c1CSc1ncn[nH]1. The Kier molecular flexibility index (Phi) is 4.66. The number of nitrogens with one attached hydrogen (secondary N) is 2. The zero-order valence-electron chi connectivity index (χ0n) is 13.0. The number of carbonyl (C=O) groups excluding carboxylic acids is 1. The zero-order valence-corrected chi connectivity index (χ0v) is 13.8. The molecule has 1 aromatic carbocycles. The fraction of sp³-hybridized carbons (Fsp3) is 0.312. The highest BCUT2D eigenvalue weighted by Crippen LogP contribution is 2.30. The van der Waals surface area contributed by atoms with Crippen LogP contribution in [-0.2, 0) is 5.75 Å². The first-order valence-electron chi connectivity index (χ1n) is 7.42. The van der Waals surface area contributed by atoms with Crippen LogP contribution in [-0.4, -0.2) is 27.6 Å². The van der Waals surface area contributed by atoms with Gasteiger partial charge in [0.15, 0.2) is 10.9 Å². The molecule has 1 amide bonds. The molecular weight excluding hydrogens is 312 g/mol. The second-order valence-electron chi connectivity index (χ2n) is 5.59. The van der Waals surface area contributed by atoms with E-state index in [-0.39, 0.29) is 5.91 Å². The molecule has 0 bridgehead atoms.